The van der Waals surface area contributed by atoms with E-state index in [2.05, 4.69) is 36.9 Å². The summed E-state index contributed by atoms with van der Waals surface area (Å²) in [5.41, 5.74) is 8.51. The average molecular weight is 209 g/mol. The van der Waals surface area contributed by atoms with Gasteiger partial charge in [-0.1, -0.05) is 24.3 Å². The lowest BCUT2D eigenvalue weighted by Crippen LogP contribution is -2.17. The molecule has 2 N–H and O–H groups in total. The van der Waals surface area contributed by atoms with Crippen LogP contribution in [0.2, 0.25) is 0 Å². The topological polar surface area (TPSA) is 26.0 Å². The van der Waals surface area contributed by atoms with Gasteiger partial charge in [-0.15, -0.1) is 0 Å². The predicted molar refractivity (Wildman–Crippen MR) is 66.0 cm³/mol. The zero-order chi connectivity index (χ0) is 10.4. The van der Waals surface area contributed by atoms with Gasteiger partial charge in [-0.3, -0.25) is 0 Å². The molecular formula is C12H19NS. The van der Waals surface area contributed by atoms with Gasteiger partial charge >= 0.3 is 0 Å². The maximum Gasteiger partial charge on any atom is 0.00509 e. The first-order chi connectivity index (χ1) is 6.72. The van der Waals surface area contributed by atoms with Crippen LogP contribution in [0, 0.1) is 0 Å². The minimum atomic E-state index is 0.245. The van der Waals surface area contributed by atoms with Gasteiger partial charge in [0.25, 0.3) is 0 Å². The smallest absolute Gasteiger partial charge is 0.00509 e. The van der Waals surface area contributed by atoms with E-state index in [1.165, 1.54) is 11.1 Å². The summed E-state index contributed by atoms with van der Waals surface area (Å²) in [6.45, 7) is 2.04. The Kier molecular flexibility index (Phi) is 5.05. The van der Waals surface area contributed by atoms with Crippen LogP contribution in [-0.4, -0.2) is 11.8 Å². The Balaban J connectivity index is 2.59. The van der Waals surface area contributed by atoms with E-state index >= 15 is 0 Å². The molecule has 0 fully saturated rings. The summed E-state index contributed by atoms with van der Waals surface area (Å²) in [5, 5.41) is 0. The molecule has 0 aromatic heterocycles. The van der Waals surface area contributed by atoms with E-state index in [0.29, 0.717) is 0 Å². The molecule has 0 aliphatic rings. The summed E-state index contributed by atoms with van der Waals surface area (Å²) in [4.78, 5) is 0. The quantitative estimate of drug-likeness (QED) is 0.716. The Morgan fingerprint density at radius 1 is 1.36 bits per heavy atom. The molecule has 1 rings (SSSR count). The second-order valence-electron chi connectivity index (χ2n) is 3.83. The van der Waals surface area contributed by atoms with E-state index in [1.807, 2.05) is 6.92 Å². The maximum atomic E-state index is 5.76. The van der Waals surface area contributed by atoms with Crippen molar-refractivity contribution in [3.05, 3.63) is 35.4 Å². The van der Waals surface area contributed by atoms with Crippen molar-refractivity contribution in [1.82, 2.24) is 0 Å². The van der Waals surface area contributed by atoms with Gasteiger partial charge in [0.05, 0.1) is 0 Å². The molecule has 0 amide bonds. The molecule has 0 radical (unpaired) electrons. The van der Waals surface area contributed by atoms with Crippen molar-refractivity contribution in [3.63, 3.8) is 0 Å². The zero-order valence-corrected chi connectivity index (χ0v) is 9.63. The number of hydrogen-bond donors (Lipinski definition) is 2. The Morgan fingerprint density at radius 2 is 2.07 bits per heavy atom. The van der Waals surface area contributed by atoms with Gasteiger partial charge in [-0.2, -0.15) is 12.6 Å². The van der Waals surface area contributed by atoms with Crippen LogP contribution in [0.5, 0.6) is 0 Å². The van der Waals surface area contributed by atoms with Crippen LogP contribution in [0.4, 0.5) is 0 Å². The van der Waals surface area contributed by atoms with Crippen LogP contribution in [0.1, 0.15) is 24.5 Å². The second-order valence-corrected chi connectivity index (χ2v) is 4.28. The lowest BCUT2D eigenvalue weighted by molar-refractivity contribution is 0.737. The van der Waals surface area contributed by atoms with Crippen molar-refractivity contribution in [2.24, 2.45) is 5.73 Å². The zero-order valence-electron chi connectivity index (χ0n) is 8.74. The number of nitrogens with two attached hydrogens (primary N) is 1. The first kappa shape index (κ1) is 11.6. The maximum absolute atomic E-state index is 5.76. The number of thiol groups is 1. The van der Waals surface area contributed by atoms with Crippen molar-refractivity contribution in [2.45, 2.75) is 32.2 Å². The van der Waals surface area contributed by atoms with Crippen molar-refractivity contribution >= 4 is 12.6 Å². The highest BCUT2D eigenvalue weighted by atomic mass is 32.1. The average Bonchev–Trinajstić information content (AvgIpc) is 2.14. The SMILES string of the molecule is C[C@@H](N)Cc1cccc(CCCS)c1. The van der Waals surface area contributed by atoms with Crippen LogP contribution >= 0.6 is 12.6 Å². The summed E-state index contributed by atoms with van der Waals surface area (Å²) in [6.07, 6.45) is 3.23. The van der Waals surface area contributed by atoms with Crippen LogP contribution < -0.4 is 5.73 Å². The first-order valence-corrected chi connectivity index (χ1v) is 5.80. The molecule has 0 saturated heterocycles. The van der Waals surface area contributed by atoms with Gasteiger partial charge in [-0.25, -0.2) is 0 Å². The van der Waals surface area contributed by atoms with E-state index in [-0.39, 0.29) is 6.04 Å². The monoisotopic (exact) mass is 209 g/mol. The van der Waals surface area contributed by atoms with E-state index < -0.39 is 0 Å². The van der Waals surface area contributed by atoms with Crippen LogP contribution in [0.25, 0.3) is 0 Å². The Labute approximate surface area is 92.1 Å². The van der Waals surface area contributed by atoms with E-state index in [0.717, 1.165) is 25.0 Å². The highest BCUT2D eigenvalue weighted by Crippen LogP contribution is 2.09. The molecule has 1 aromatic carbocycles. The molecule has 0 bridgehead atoms. The molecule has 0 unspecified atom stereocenters. The molecule has 0 aliphatic carbocycles. The molecule has 0 spiro atoms. The van der Waals surface area contributed by atoms with Gasteiger partial charge < -0.3 is 5.73 Å². The van der Waals surface area contributed by atoms with Crippen LogP contribution in [-0.2, 0) is 12.8 Å². The Morgan fingerprint density at radius 3 is 2.71 bits per heavy atom. The molecular weight excluding hydrogens is 190 g/mol. The van der Waals surface area contributed by atoms with Crippen molar-refractivity contribution in [3.8, 4) is 0 Å². The van der Waals surface area contributed by atoms with Gasteiger partial charge in [0.15, 0.2) is 0 Å². The lowest BCUT2D eigenvalue weighted by Gasteiger charge is -2.07. The van der Waals surface area contributed by atoms with Crippen molar-refractivity contribution in [2.75, 3.05) is 5.75 Å². The van der Waals surface area contributed by atoms with Gasteiger partial charge in [0, 0.05) is 6.04 Å². The third-order valence-corrected chi connectivity index (χ3v) is 2.49. The number of rotatable bonds is 5. The van der Waals surface area contributed by atoms with Crippen molar-refractivity contribution < 1.29 is 0 Å². The number of hydrogen-bond acceptors (Lipinski definition) is 2. The summed E-state index contributed by atoms with van der Waals surface area (Å²) >= 11 is 4.21. The summed E-state index contributed by atoms with van der Waals surface area (Å²) in [5.74, 6) is 0.956. The van der Waals surface area contributed by atoms with Crippen molar-refractivity contribution in [1.29, 1.82) is 0 Å². The van der Waals surface area contributed by atoms with Crippen LogP contribution in [0.3, 0.4) is 0 Å². The molecule has 1 atom stereocenters. The number of benzene rings is 1. The fraction of sp³-hybridized carbons (Fsp3) is 0.500. The highest BCUT2D eigenvalue weighted by Gasteiger charge is 1.99. The minimum absolute atomic E-state index is 0.245. The fourth-order valence-electron chi connectivity index (χ4n) is 1.57. The lowest BCUT2D eigenvalue weighted by atomic mass is 10.0. The van der Waals surface area contributed by atoms with E-state index in [9.17, 15) is 0 Å². The normalized spacial score (nSPS) is 12.8. The molecule has 78 valence electrons. The Bertz CT molecular complexity index is 271. The summed E-state index contributed by atoms with van der Waals surface area (Å²) < 4.78 is 0. The summed E-state index contributed by atoms with van der Waals surface area (Å²) in [7, 11) is 0. The number of aryl methyl sites for hydroxylation is 1. The largest absolute Gasteiger partial charge is 0.328 e. The fourth-order valence-corrected chi connectivity index (χ4v) is 1.73. The van der Waals surface area contributed by atoms with E-state index in [1.54, 1.807) is 0 Å². The minimum Gasteiger partial charge on any atom is -0.328 e. The molecule has 0 aliphatic heterocycles. The first-order valence-electron chi connectivity index (χ1n) is 5.16. The van der Waals surface area contributed by atoms with E-state index in [4.69, 9.17) is 5.73 Å². The molecule has 0 heterocycles. The van der Waals surface area contributed by atoms with Crippen LogP contribution in [0.15, 0.2) is 24.3 Å². The second kappa shape index (κ2) is 6.10. The third kappa shape index (κ3) is 4.16. The molecule has 1 aromatic rings. The standard InChI is InChI=1S/C12H19NS/c1-10(13)8-12-5-2-4-11(9-12)6-3-7-14/h2,4-5,9-10,14H,3,6-8,13H2,1H3/t10-/m1/s1. The summed E-state index contributed by atoms with van der Waals surface area (Å²) in [6, 6.07) is 8.94. The molecule has 2 heteroatoms. The van der Waals surface area contributed by atoms with Gasteiger partial charge in [-0.05, 0) is 43.1 Å². The molecule has 1 nitrogen and oxygen atoms in total. The van der Waals surface area contributed by atoms with Gasteiger partial charge in [0.1, 0.15) is 0 Å². The highest BCUT2D eigenvalue weighted by molar-refractivity contribution is 7.80. The Hall–Kier alpha value is -0.470. The van der Waals surface area contributed by atoms with Gasteiger partial charge in [0.2, 0.25) is 0 Å². The predicted octanol–water partition coefficient (Wildman–Crippen LogP) is 2.44. The third-order valence-electron chi connectivity index (χ3n) is 2.17. The molecule has 0 saturated carbocycles. The molecule has 14 heavy (non-hydrogen) atoms.